The van der Waals surface area contributed by atoms with Crippen molar-refractivity contribution in [1.82, 2.24) is 4.98 Å². The van der Waals surface area contributed by atoms with Gasteiger partial charge in [0.1, 0.15) is 0 Å². The molecular formula is C9H8BrN3O2S. The van der Waals surface area contributed by atoms with Crippen molar-refractivity contribution in [2.75, 3.05) is 4.31 Å². The molecule has 7 heteroatoms. The molecule has 0 saturated heterocycles. The second-order valence-electron chi connectivity index (χ2n) is 3.13. The molecule has 0 aliphatic carbocycles. The van der Waals surface area contributed by atoms with Crippen LogP contribution < -0.4 is 4.31 Å². The number of aromatic nitrogens is 1. The quantitative estimate of drug-likeness (QED) is 0.794. The molecule has 16 heavy (non-hydrogen) atoms. The van der Waals surface area contributed by atoms with Crippen LogP contribution in [0.4, 0.5) is 5.69 Å². The second-order valence-corrected chi connectivity index (χ2v) is 5.54. The van der Waals surface area contributed by atoms with Gasteiger partial charge in [0.15, 0.2) is 0 Å². The fraction of sp³-hybridized carbons (Fsp3) is 0.111. The molecule has 0 spiro atoms. The summed E-state index contributed by atoms with van der Waals surface area (Å²) in [5, 5.41) is 0. The zero-order chi connectivity index (χ0) is 11.8. The van der Waals surface area contributed by atoms with Gasteiger partial charge in [-0.15, -0.1) is 0 Å². The normalized spacial score (nSPS) is 17.8. The summed E-state index contributed by atoms with van der Waals surface area (Å²) in [6.45, 7) is 1.74. The third-order valence-corrected chi connectivity index (χ3v) is 3.65. The van der Waals surface area contributed by atoms with Gasteiger partial charge in [-0.2, -0.15) is 12.8 Å². The van der Waals surface area contributed by atoms with Gasteiger partial charge in [-0.05, 0) is 35.0 Å². The summed E-state index contributed by atoms with van der Waals surface area (Å²) in [5.41, 5.74) is 1.11. The molecule has 0 amide bonds. The van der Waals surface area contributed by atoms with Crippen molar-refractivity contribution in [1.29, 1.82) is 0 Å². The number of pyridine rings is 1. The van der Waals surface area contributed by atoms with Gasteiger partial charge in [-0.1, -0.05) is 0 Å². The number of hydrogen-bond acceptors (Lipinski definition) is 3. The van der Waals surface area contributed by atoms with E-state index in [1.54, 1.807) is 25.3 Å². The third kappa shape index (κ3) is 2.00. The van der Waals surface area contributed by atoms with Crippen LogP contribution in [-0.4, -0.2) is 19.6 Å². The van der Waals surface area contributed by atoms with Crippen molar-refractivity contribution >= 4 is 38.0 Å². The maximum Gasteiger partial charge on any atom is 0.348 e. The summed E-state index contributed by atoms with van der Waals surface area (Å²) in [6, 6.07) is 1.69. The van der Waals surface area contributed by atoms with Gasteiger partial charge in [0, 0.05) is 23.1 Å². The van der Waals surface area contributed by atoms with Crippen molar-refractivity contribution in [2.45, 2.75) is 6.92 Å². The van der Waals surface area contributed by atoms with Crippen molar-refractivity contribution in [3.8, 4) is 0 Å². The van der Waals surface area contributed by atoms with E-state index >= 15 is 0 Å². The monoisotopic (exact) mass is 301 g/mol. The molecule has 1 aromatic heterocycles. The molecule has 5 nitrogen and oxygen atoms in total. The van der Waals surface area contributed by atoms with E-state index in [0.29, 0.717) is 15.9 Å². The number of hydrogen-bond donors (Lipinski definition) is 0. The number of anilines is 1. The lowest BCUT2D eigenvalue weighted by molar-refractivity contribution is 0.597. The van der Waals surface area contributed by atoms with Crippen LogP contribution in [0, 0.1) is 6.92 Å². The highest BCUT2D eigenvalue weighted by Crippen LogP contribution is 2.26. The third-order valence-electron chi connectivity index (χ3n) is 2.01. The highest BCUT2D eigenvalue weighted by Gasteiger charge is 2.22. The van der Waals surface area contributed by atoms with Gasteiger partial charge in [-0.25, -0.2) is 4.31 Å². The molecule has 2 rings (SSSR count). The summed E-state index contributed by atoms with van der Waals surface area (Å²) < 4.78 is 28.6. The minimum atomic E-state index is -3.66. The van der Waals surface area contributed by atoms with Crippen LogP contribution in [0.3, 0.4) is 0 Å². The molecule has 0 fully saturated rings. The summed E-state index contributed by atoms with van der Waals surface area (Å²) in [6.07, 6.45) is 5.86. The minimum absolute atomic E-state index is 0.488. The van der Waals surface area contributed by atoms with E-state index in [0.717, 1.165) is 4.31 Å². The molecule has 0 unspecified atom stereocenters. The van der Waals surface area contributed by atoms with Gasteiger partial charge in [0.05, 0.1) is 11.4 Å². The summed E-state index contributed by atoms with van der Waals surface area (Å²) in [4.78, 5) is 4.08. The van der Waals surface area contributed by atoms with Crippen molar-refractivity contribution in [2.24, 2.45) is 4.40 Å². The first-order valence-corrected chi connectivity index (χ1v) is 6.58. The lowest BCUT2D eigenvalue weighted by Crippen LogP contribution is -2.26. The Morgan fingerprint density at radius 3 is 2.88 bits per heavy atom. The predicted molar refractivity (Wildman–Crippen MR) is 65.7 cm³/mol. The maximum absolute atomic E-state index is 11.7. The Hall–Kier alpha value is -1.21. The number of halogens is 1. The van der Waals surface area contributed by atoms with Gasteiger partial charge in [0.2, 0.25) is 0 Å². The van der Waals surface area contributed by atoms with E-state index in [1.807, 2.05) is 0 Å². The Labute approximate surface area is 102 Å². The van der Waals surface area contributed by atoms with Crippen LogP contribution in [0.15, 0.2) is 33.4 Å². The fourth-order valence-electron chi connectivity index (χ4n) is 1.28. The van der Waals surface area contributed by atoms with Crippen LogP contribution in [0.5, 0.6) is 0 Å². The van der Waals surface area contributed by atoms with Crippen LogP contribution in [-0.2, 0) is 10.2 Å². The first-order valence-electron chi connectivity index (χ1n) is 4.39. The topological polar surface area (TPSA) is 62.6 Å². The molecule has 1 aliphatic rings. The molecule has 0 saturated carbocycles. The van der Waals surface area contributed by atoms with Crippen molar-refractivity contribution in [3.63, 3.8) is 0 Å². The van der Waals surface area contributed by atoms with Crippen LogP contribution >= 0.6 is 15.9 Å². The summed E-state index contributed by atoms with van der Waals surface area (Å²) in [7, 11) is -3.66. The molecule has 1 aromatic rings. The molecule has 0 radical (unpaired) electrons. The molecule has 0 bridgehead atoms. The van der Waals surface area contributed by atoms with Crippen molar-refractivity contribution < 1.29 is 8.42 Å². The van der Waals surface area contributed by atoms with Gasteiger partial charge < -0.3 is 0 Å². The summed E-state index contributed by atoms with van der Waals surface area (Å²) >= 11 is 3.25. The lowest BCUT2D eigenvalue weighted by Gasteiger charge is -2.20. The van der Waals surface area contributed by atoms with Crippen molar-refractivity contribution in [3.05, 3.63) is 34.7 Å². The average Bonchev–Trinajstić information content (AvgIpc) is 2.22. The number of allylic oxidation sites excluding steroid dienone is 1. The molecule has 0 N–H and O–H groups in total. The molecule has 0 atom stereocenters. The molecular weight excluding hydrogens is 294 g/mol. The largest absolute Gasteiger partial charge is 0.348 e. The predicted octanol–water partition coefficient (Wildman–Crippen LogP) is 1.80. The van der Waals surface area contributed by atoms with E-state index in [4.69, 9.17) is 0 Å². The van der Waals surface area contributed by atoms with Gasteiger partial charge in [0.25, 0.3) is 0 Å². The van der Waals surface area contributed by atoms with Crippen LogP contribution in [0.2, 0.25) is 0 Å². The van der Waals surface area contributed by atoms with Gasteiger partial charge >= 0.3 is 10.2 Å². The molecule has 2 heterocycles. The van der Waals surface area contributed by atoms with E-state index < -0.39 is 10.2 Å². The Bertz CT molecular complexity index is 580. The first kappa shape index (κ1) is 11.3. The fourth-order valence-corrected chi connectivity index (χ4v) is 2.58. The molecule has 0 aromatic carbocycles. The Morgan fingerprint density at radius 1 is 1.44 bits per heavy atom. The molecule has 1 aliphatic heterocycles. The minimum Gasteiger partial charge on any atom is -0.258 e. The average molecular weight is 302 g/mol. The number of nitrogens with zero attached hydrogens (tertiary/aromatic N) is 3. The second kappa shape index (κ2) is 3.99. The van der Waals surface area contributed by atoms with Crippen LogP contribution in [0.25, 0.3) is 0 Å². The maximum atomic E-state index is 11.7. The van der Waals surface area contributed by atoms with E-state index in [9.17, 15) is 8.42 Å². The highest BCUT2D eigenvalue weighted by atomic mass is 79.9. The zero-order valence-corrected chi connectivity index (χ0v) is 10.7. The number of aryl methyl sites for hydroxylation is 1. The lowest BCUT2D eigenvalue weighted by atomic mass is 10.3. The van der Waals surface area contributed by atoms with E-state index in [2.05, 4.69) is 25.3 Å². The Balaban J connectivity index is 2.57. The summed E-state index contributed by atoms with van der Waals surface area (Å²) in [5.74, 6) is 0. The highest BCUT2D eigenvalue weighted by molar-refractivity contribution is 9.10. The SMILES string of the molecule is Cc1ncc(Br)cc1N1C=CC=NS1(=O)=O. The number of rotatable bonds is 1. The van der Waals surface area contributed by atoms with Gasteiger partial charge in [-0.3, -0.25) is 4.98 Å². The zero-order valence-electron chi connectivity index (χ0n) is 8.33. The van der Waals surface area contributed by atoms with E-state index in [1.165, 1.54) is 12.4 Å². The standard InChI is InChI=1S/C9H8BrN3O2S/c1-7-9(5-8(10)6-11-7)13-4-2-3-12-16(13,14)15/h2-6H,1H3. The van der Waals surface area contributed by atoms with E-state index in [-0.39, 0.29) is 0 Å². The first-order chi connectivity index (χ1) is 7.50. The Kier molecular flexibility index (Phi) is 2.81. The molecule has 84 valence electrons. The van der Waals surface area contributed by atoms with Crippen LogP contribution in [0.1, 0.15) is 5.69 Å². The smallest absolute Gasteiger partial charge is 0.258 e. The Morgan fingerprint density at radius 2 is 2.19 bits per heavy atom.